The highest BCUT2D eigenvalue weighted by molar-refractivity contribution is 5.51. The number of aromatic nitrogens is 2. The molecule has 1 heterocycles. The van der Waals surface area contributed by atoms with E-state index >= 15 is 0 Å². The van der Waals surface area contributed by atoms with Crippen LogP contribution in [-0.2, 0) is 0 Å². The fourth-order valence-electron chi connectivity index (χ4n) is 3.54. The number of hydrogen-bond donors (Lipinski definition) is 1. The molecule has 0 bridgehead atoms. The van der Waals surface area contributed by atoms with E-state index in [2.05, 4.69) is 55.3 Å². The first-order valence-corrected chi connectivity index (χ1v) is 7.88. The van der Waals surface area contributed by atoms with Crippen LogP contribution in [0, 0.1) is 11.3 Å². The van der Waals surface area contributed by atoms with Crippen molar-refractivity contribution < 1.29 is 0 Å². The summed E-state index contributed by atoms with van der Waals surface area (Å²) >= 11 is 0. The standard InChI is InChI=1S/C18H25N3/c1-14-12-18(2,3)8-7-17(14)20-15-5-4-6-16(11-15)21-10-9-19-13-21/h4-6,9-11,13-14,17,20H,7-8,12H2,1-3H3. The lowest BCUT2D eigenvalue weighted by molar-refractivity contribution is 0.177. The van der Waals surface area contributed by atoms with Gasteiger partial charge in [-0.25, -0.2) is 4.98 Å². The third-order valence-electron chi connectivity index (χ3n) is 4.69. The van der Waals surface area contributed by atoms with Crippen molar-refractivity contribution in [2.75, 3.05) is 5.32 Å². The van der Waals surface area contributed by atoms with E-state index < -0.39 is 0 Å². The van der Waals surface area contributed by atoms with Crippen LogP contribution in [0.25, 0.3) is 5.69 Å². The molecule has 0 amide bonds. The maximum atomic E-state index is 4.11. The molecule has 2 unspecified atom stereocenters. The van der Waals surface area contributed by atoms with Crippen LogP contribution < -0.4 is 5.32 Å². The van der Waals surface area contributed by atoms with E-state index in [1.54, 1.807) is 0 Å². The van der Waals surface area contributed by atoms with Gasteiger partial charge in [-0.1, -0.05) is 26.8 Å². The molecule has 0 radical (unpaired) electrons. The van der Waals surface area contributed by atoms with E-state index in [9.17, 15) is 0 Å². The number of benzene rings is 1. The van der Waals surface area contributed by atoms with Gasteiger partial charge in [0.1, 0.15) is 0 Å². The van der Waals surface area contributed by atoms with Crippen LogP contribution in [0.5, 0.6) is 0 Å². The second-order valence-electron chi connectivity index (χ2n) is 7.16. The lowest BCUT2D eigenvalue weighted by Gasteiger charge is -2.40. The molecule has 1 aromatic heterocycles. The van der Waals surface area contributed by atoms with Gasteiger partial charge >= 0.3 is 0 Å². The van der Waals surface area contributed by atoms with Crippen LogP contribution in [0.3, 0.4) is 0 Å². The highest BCUT2D eigenvalue weighted by Gasteiger charge is 2.32. The monoisotopic (exact) mass is 283 g/mol. The van der Waals surface area contributed by atoms with Gasteiger partial charge in [-0.2, -0.15) is 0 Å². The average Bonchev–Trinajstić information content (AvgIpc) is 2.96. The molecule has 1 aliphatic rings. The minimum absolute atomic E-state index is 0.496. The molecule has 1 aliphatic carbocycles. The SMILES string of the molecule is CC1CC(C)(C)CCC1Nc1cccc(-n2ccnc2)c1. The number of imidazole rings is 1. The molecule has 0 spiro atoms. The summed E-state index contributed by atoms with van der Waals surface area (Å²) in [5, 5.41) is 3.74. The Morgan fingerprint density at radius 3 is 2.90 bits per heavy atom. The quantitative estimate of drug-likeness (QED) is 0.899. The third kappa shape index (κ3) is 3.29. The minimum atomic E-state index is 0.496. The highest BCUT2D eigenvalue weighted by Crippen LogP contribution is 2.39. The zero-order chi connectivity index (χ0) is 14.9. The van der Waals surface area contributed by atoms with Gasteiger partial charge in [0.05, 0.1) is 6.33 Å². The fraction of sp³-hybridized carbons (Fsp3) is 0.500. The molecule has 2 aromatic rings. The third-order valence-corrected chi connectivity index (χ3v) is 4.69. The predicted octanol–water partition coefficient (Wildman–Crippen LogP) is 4.50. The van der Waals surface area contributed by atoms with Gasteiger partial charge < -0.3 is 9.88 Å². The Labute approximate surface area is 127 Å². The Bertz CT molecular complexity index is 586. The summed E-state index contributed by atoms with van der Waals surface area (Å²) in [5.74, 6) is 0.714. The molecule has 112 valence electrons. The van der Waals surface area contributed by atoms with Crippen molar-refractivity contribution in [2.24, 2.45) is 11.3 Å². The molecule has 0 saturated heterocycles. The van der Waals surface area contributed by atoms with Crippen molar-refractivity contribution in [3.63, 3.8) is 0 Å². The van der Waals surface area contributed by atoms with Crippen LogP contribution in [0.15, 0.2) is 43.0 Å². The van der Waals surface area contributed by atoms with Crippen LogP contribution >= 0.6 is 0 Å². The van der Waals surface area contributed by atoms with E-state index in [1.807, 2.05) is 23.3 Å². The van der Waals surface area contributed by atoms with Crippen molar-refractivity contribution in [3.05, 3.63) is 43.0 Å². The Hall–Kier alpha value is -1.77. The smallest absolute Gasteiger partial charge is 0.0991 e. The second-order valence-corrected chi connectivity index (χ2v) is 7.16. The maximum Gasteiger partial charge on any atom is 0.0991 e. The van der Waals surface area contributed by atoms with E-state index in [1.165, 1.54) is 24.9 Å². The van der Waals surface area contributed by atoms with Gasteiger partial charge in [-0.3, -0.25) is 0 Å². The first-order valence-electron chi connectivity index (χ1n) is 7.88. The number of nitrogens with one attached hydrogen (secondary N) is 1. The van der Waals surface area contributed by atoms with Crippen LogP contribution in [0.2, 0.25) is 0 Å². The van der Waals surface area contributed by atoms with Crippen LogP contribution in [-0.4, -0.2) is 15.6 Å². The molecular weight excluding hydrogens is 258 g/mol. The molecule has 2 atom stereocenters. The largest absolute Gasteiger partial charge is 0.382 e. The second kappa shape index (κ2) is 5.55. The Morgan fingerprint density at radius 1 is 1.33 bits per heavy atom. The predicted molar refractivity (Wildman–Crippen MR) is 87.8 cm³/mol. The van der Waals surface area contributed by atoms with Crippen LogP contribution in [0.1, 0.15) is 40.0 Å². The van der Waals surface area contributed by atoms with Crippen molar-refractivity contribution >= 4 is 5.69 Å². The lowest BCUT2D eigenvalue weighted by atomic mass is 9.70. The van der Waals surface area contributed by atoms with Crippen molar-refractivity contribution in [1.82, 2.24) is 9.55 Å². The van der Waals surface area contributed by atoms with Crippen molar-refractivity contribution in [2.45, 2.75) is 46.1 Å². The highest BCUT2D eigenvalue weighted by atomic mass is 15.0. The summed E-state index contributed by atoms with van der Waals surface area (Å²) in [6.07, 6.45) is 9.48. The van der Waals surface area contributed by atoms with Crippen LogP contribution in [0.4, 0.5) is 5.69 Å². The molecule has 21 heavy (non-hydrogen) atoms. The van der Waals surface area contributed by atoms with E-state index in [0.29, 0.717) is 17.4 Å². The summed E-state index contributed by atoms with van der Waals surface area (Å²) in [6, 6.07) is 9.16. The van der Waals surface area contributed by atoms with Gasteiger partial charge in [0.2, 0.25) is 0 Å². The van der Waals surface area contributed by atoms with E-state index in [4.69, 9.17) is 0 Å². The van der Waals surface area contributed by atoms with Gasteiger partial charge in [0.15, 0.2) is 0 Å². The topological polar surface area (TPSA) is 29.9 Å². The van der Waals surface area contributed by atoms with E-state index in [0.717, 1.165) is 5.69 Å². The van der Waals surface area contributed by atoms with Gasteiger partial charge in [0, 0.05) is 29.8 Å². The maximum absolute atomic E-state index is 4.11. The molecule has 3 nitrogen and oxygen atoms in total. The first-order chi connectivity index (χ1) is 10.0. The summed E-state index contributed by atoms with van der Waals surface area (Å²) < 4.78 is 2.04. The molecule has 3 rings (SSSR count). The molecule has 1 aromatic carbocycles. The molecule has 0 aliphatic heterocycles. The molecule has 1 saturated carbocycles. The minimum Gasteiger partial charge on any atom is -0.382 e. The fourth-order valence-corrected chi connectivity index (χ4v) is 3.54. The molecule has 1 fully saturated rings. The average molecular weight is 283 g/mol. The van der Waals surface area contributed by atoms with Gasteiger partial charge in [-0.05, 0) is 48.8 Å². The number of hydrogen-bond acceptors (Lipinski definition) is 2. The van der Waals surface area contributed by atoms with Crippen molar-refractivity contribution in [1.29, 1.82) is 0 Å². The Kier molecular flexibility index (Phi) is 3.75. The normalized spacial score (nSPS) is 24.7. The summed E-state index contributed by atoms with van der Waals surface area (Å²) in [4.78, 5) is 4.11. The summed E-state index contributed by atoms with van der Waals surface area (Å²) in [7, 11) is 0. The Morgan fingerprint density at radius 2 is 2.19 bits per heavy atom. The van der Waals surface area contributed by atoms with Gasteiger partial charge in [-0.15, -0.1) is 0 Å². The first kappa shape index (κ1) is 14.2. The zero-order valence-electron chi connectivity index (χ0n) is 13.2. The number of anilines is 1. The Balaban J connectivity index is 1.72. The van der Waals surface area contributed by atoms with Crippen molar-refractivity contribution in [3.8, 4) is 5.69 Å². The zero-order valence-corrected chi connectivity index (χ0v) is 13.2. The summed E-state index contributed by atoms with van der Waals surface area (Å²) in [6.45, 7) is 7.15. The molecule has 1 N–H and O–H groups in total. The molecule has 3 heteroatoms. The number of rotatable bonds is 3. The lowest BCUT2D eigenvalue weighted by Crippen LogP contribution is -2.36. The number of nitrogens with zero attached hydrogens (tertiary/aromatic N) is 2. The molecular formula is C18H25N3. The van der Waals surface area contributed by atoms with E-state index in [-0.39, 0.29) is 0 Å². The van der Waals surface area contributed by atoms with Gasteiger partial charge in [0.25, 0.3) is 0 Å². The summed E-state index contributed by atoms with van der Waals surface area (Å²) in [5.41, 5.74) is 2.86.